The number of ketones is 2. The van der Waals surface area contributed by atoms with Crippen molar-refractivity contribution in [3.05, 3.63) is 215 Å². The van der Waals surface area contributed by atoms with Gasteiger partial charge in [0.1, 0.15) is 34.6 Å². The maximum atomic E-state index is 14.9. The van der Waals surface area contributed by atoms with Crippen LogP contribution in [0.5, 0.6) is 0 Å². The third kappa shape index (κ3) is 12.5. The number of nitrogen functional groups attached to an aromatic ring is 2. The van der Waals surface area contributed by atoms with Crippen molar-refractivity contribution in [2.45, 2.75) is 52.4 Å². The van der Waals surface area contributed by atoms with Crippen molar-refractivity contribution in [1.82, 2.24) is 39.0 Å². The van der Waals surface area contributed by atoms with E-state index in [4.69, 9.17) is 67.9 Å². The summed E-state index contributed by atoms with van der Waals surface area (Å²) >= 11 is 28.1. The molecule has 16 nitrogen and oxygen atoms in total. The summed E-state index contributed by atoms with van der Waals surface area (Å²) in [7, 11) is -1.46. The number of nitrogens with zero attached hydrogens (tertiary/aromatic N) is 8. The van der Waals surface area contributed by atoms with Gasteiger partial charge in [0.2, 0.25) is 11.6 Å². The molecule has 84 heavy (non-hydrogen) atoms. The minimum atomic E-state index is -1.46. The predicted molar refractivity (Wildman–Crippen MR) is 318 cm³/mol. The van der Waals surface area contributed by atoms with E-state index < -0.39 is 70.6 Å². The molecule has 6 heterocycles. The van der Waals surface area contributed by atoms with Crippen LogP contribution in [0.15, 0.2) is 127 Å². The van der Waals surface area contributed by atoms with Crippen LogP contribution in [0.2, 0.25) is 20.1 Å². The highest BCUT2D eigenvalue weighted by molar-refractivity contribution is 9.10. The zero-order valence-electron chi connectivity index (χ0n) is 41.8. The van der Waals surface area contributed by atoms with Crippen LogP contribution >= 0.6 is 62.3 Å². The molecule has 0 unspecified atom stereocenters. The van der Waals surface area contributed by atoms with Gasteiger partial charge in [0.05, 0.1) is 64.8 Å². The van der Waals surface area contributed by atoms with Crippen molar-refractivity contribution >= 4 is 132 Å². The maximum absolute atomic E-state index is 14.9. The van der Waals surface area contributed by atoms with E-state index in [1.807, 2.05) is 0 Å². The van der Waals surface area contributed by atoms with Gasteiger partial charge in [-0.2, -0.15) is 0 Å². The summed E-state index contributed by atoms with van der Waals surface area (Å²) in [5, 5.41) is 18.2. The van der Waals surface area contributed by atoms with Gasteiger partial charge in [-0.1, -0.05) is 73.4 Å². The standard InChI is InChI=1S/C28H17Cl2F2N5O2.C21H10BrCl2F2N3O2.C7H9BN2O2.2CH4/c29-18-2-1-3-19(30)22(18)28(39)37-12-17(25(38)23-20(31)6-7-21(33)24(23)32)16-8-14(9-36-27(16)37)15-10-34-26(35-11-15)13-4-5-13;22-9-6-10-11(19(30)17-14(25)4-5-15(27)18(17)26)8-29(20(10)28-7-9)21(31)16-12(23)2-1-3-13(16)24;11-8(12)6-3-9-7(10-4-6)5-1-2-5;;/h1-3,6-13H,4-5,33H2;1-8H,27H2;3-5,11-12H,1-2H2;2*1H4. The Bertz CT molecular complexity index is 4190. The number of pyridine rings is 2. The van der Waals surface area contributed by atoms with Crippen molar-refractivity contribution in [1.29, 1.82) is 0 Å². The normalized spacial score (nSPS) is 12.5. The Morgan fingerprint density at radius 2 is 0.917 bits per heavy atom. The number of aromatic nitrogens is 8. The molecule has 6 aromatic heterocycles. The van der Waals surface area contributed by atoms with Gasteiger partial charge in [-0.15, -0.1) is 0 Å². The largest absolute Gasteiger partial charge is 0.491 e. The number of nitrogens with two attached hydrogens (primary N) is 2. The monoisotopic (exact) mass is 1280 g/mol. The lowest BCUT2D eigenvalue weighted by molar-refractivity contribution is 0.0955. The fourth-order valence-electron chi connectivity index (χ4n) is 8.56. The molecule has 2 aliphatic carbocycles. The molecule has 428 valence electrons. The van der Waals surface area contributed by atoms with Crippen LogP contribution in [-0.2, 0) is 0 Å². The van der Waals surface area contributed by atoms with Gasteiger partial charge >= 0.3 is 7.12 Å². The van der Waals surface area contributed by atoms with Gasteiger partial charge < -0.3 is 21.5 Å². The maximum Gasteiger partial charge on any atom is 0.491 e. The summed E-state index contributed by atoms with van der Waals surface area (Å²) in [6.45, 7) is 0. The topological polar surface area (TPSA) is 248 Å². The Kier molecular flexibility index (Phi) is 18.8. The van der Waals surface area contributed by atoms with Gasteiger partial charge in [-0.05, 0) is 102 Å². The van der Waals surface area contributed by atoms with Gasteiger partial charge in [0.25, 0.3) is 11.8 Å². The summed E-state index contributed by atoms with van der Waals surface area (Å²) in [5.74, 6) is -5.47. The SMILES string of the molecule is C.C.Nc1ccc(F)c(C(=O)c2cn(C(=O)c3c(Cl)cccc3Cl)c3ncc(-c4cnc(C5CC5)nc4)cc23)c1F.Nc1ccc(F)c(C(=O)c2cn(C(=O)c3c(Cl)cccc3Cl)c3ncc(Br)cc23)c1F.OB(O)c1cnc(C2CC2)nc1. The zero-order valence-corrected chi connectivity index (χ0v) is 46.4. The summed E-state index contributed by atoms with van der Waals surface area (Å²) in [4.78, 5) is 79.0. The number of halogens is 9. The number of hydrogen-bond donors (Lipinski definition) is 4. The molecular weight excluding hydrogens is 1240 g/mol. The Balaban J connectivity index is 0.000000182. The summed E-state index contributed by atoms with van der Waals surface area (Å²) in [6, 6.07) is 16.1. The molecular formula is C58H44BBrCl4F4N10O6. The number of hydrogen-bond acceptors (Lipinski definition) is 14. The van der Waals surface area contributed by atoms with Gasteiger partial charge in [0.15, 0.2) is 11.6 Å². The number of carbonyl (C=O) groups excluding carboxylic acids is 4. The summed E-state index contributed by atoms with van der Waals surface area (Å²) in [5.41, 5.74) is 9.94. The lowest BCUT2D eigenvalue weighted by Gasteiger charge is -2.08. The van der Waals surface area contributed by atoms with Crippen LogP contribution in [0, 0.1) is 23.3 Å². The number of carbonyl (C=O) groups is 4. The minimum Gasteiger partial charge on any atom is -0.423 e. The molecule has 0 amide bonds. The molecule has 4 aromatic carbocycles. The molecule has 0 saturated heterocycles. The average molecular weight is 1290 g/mol. The van der Waals surface area contributed by atoms with Crippen LogP contribution in [-0.4, -0.2) is 79.6 Å². The van der Waals surface area contributed by atoms with Crippen LogP contribution in [0.3, 0.4) is 0 Å². The lowest BCUT2D eigenvalue weighted by atomic mass is 9.83. The first kappa shape index (κ1) is 62.1. The summed E-state index contributed by atoms with van der Waals surface area (Å²) in [6.07, 6.45) is 15.8. The highest BCUT2D eigenvalue weighted by Crippen LogP contribution is 2.39. The number of benzene rings is 4. The van der Waals surface area contributed by atoms with Crippen molar-refractivity contribution in [2.24, 2.45) is 0 Å². The zero-order chi connectivity index (χ0) is 58.4. The molecule has 0 radical (unpaired) electrons. The quantitative estimate of drug-likeness (QED) is 0.0430. The van der Waals surface area contributed by atoms with Crippen molar-refractivity contribution in [3.63, 3.8) is 0 Å². The van der Waals surface area contributed by atoms with E-state index in [2.05, 4.69) is 45.8 Å². The van der Waals surface area contributed by atoms with Crippen LogP contribution in [0.1, 0.15) is 117 Å². The van der Waals surface area contributed by atoms with E-state index in [-0.39, 0.29) is 85.0 Å². The van der Waals surface area contributed by atoms with Gasteiger partial charge in [-0.3, -0.25) is 28.3 Å². The molecule has 0 bridgehead atoms. The molecule has 2 aliphatic rings. The Morgan fingerprint density at radius 3 is 1.32 bits per heavy atom. The van der Waals surface area contributed by atoms with Gasteiger partial charge in [0, 0.05) is 93.2 Å². The molecule has 12 rings (SSSR count). The molecule has 2 saturated carbocycles. The molecule has 6 N–H and O–H groups in total. The fraction of sp³-hybridized carbons (Fsp3) is 0.138. The summed E-state index contributed by atoms with van der Waals surface area (Å²) < 4.78 is 61.0. The Morgan fingerprint density at radius 1 is 0.536 bits per heavy atom. The second-order valence-corrected chi connectivity index (χ2v) is 21.2. The van der Waals surface area contributed by atoms with E-state index in [0.29, 0.717) is 32.9 Å². The lowest BCUT2D eigenvalue weighted by Crippen LogP contribution is -2.30. The van der Waals surface area contributed by atoms with E-state index in [1.165, 1.54) is 61.3 Å². The third-order valence-corrected chi connectivity index (χ3v) is 14.8. The first-order valence-electron chi connectivity index (χ1n) is 24.4. The Hall–Kier alpha value is -7.96. The van der Waals surface area contributed by atoms with Crippen molar-refractivity contribution < 1.29 is 46.8 Å². The highest BCUT2D eigenvalue weighted by atomic mass is 79.9. The predicted octanol–water partition coefficient (Wildman–Crippen LogP) is 12.6. The van der Waals surface area contributed by atoms with Crippen LogP contribution in [0.4, 0.5) is 28.9 Å². The van der Waals surface area contributed by atoms with E-state index in [1.54, 1.807) is 30.6 Å². The van der Waals surface area contributed by atoms with Crippen molar-refractivity contribution in [2.75, 3.05) is 11.5 Å². The first-order chi connectivity index (χ1) is 39.2. The molecule has 0 spiro atoms. The molecule has 10 aromatic rings. The number of fused-ring (bicyclic) bond motifs is 2. The number of rotatable bonds is 10. The second-order valence-electron chi connectivity index (χ2n) is 18.7. The van der Waals surface area contributed by atoms with Gasteiger partial charge in [-0.25, -0.2) is 47.5 Å². The van der Waals surface area contributed by atoms with E-state index in [9.17, 15) is 36.7 Å². The van der Waals surface area contributed by atoms with E-state index >= 15 is 0 Å². The number of anilines is 2. The Labute approximate surface area is 504 Å². The molecule has 26 heteroatoms. The third-order valence-electron chi connectivity index (χ3n) is 13.1. The fourth-order valence-corrected chi connectivity index (χ4v) is 10.0. The molecule has 2 fully saturated rings. The average Bonchev–Trinajstić information content (AvgIpc) is 4.04. The van der Waals surface area contributed by atoms with Crippen LogP contribution in [0.25, 0.3) is 33.2 Å². The smallest absolute Gasteiger partial charge is 0.423 e. The van der Waals surface area contributed by atoms with Crippen LogP contribution < -0.4 is 16.9 Å². The molecule has 0 atom stereocenters. The van der Waals surface area contributed by atoms with E-state index in [0.717, 1.165) is 76.9 Å². The second kappa shape index (κ2) is 25.5. The van der Waals surface area contributed by atoms with Crippen molar-refractivity contribution in [3.8, 4) is 11.1 Å². The first-order valence-corrected chi connectivity index (χ1v) is 26.7. The molecule has 0 aliphatic heterocycles. The minimum absolute atomic E-state index is 0. The highest BCUT2D eigenvalue weighted by Gasteiger charge is 2.32.